The van der Waals surface area contributed by atoms with Gasteiger partial charge in [-0.05, 0) is 18.2 Å². The predicted octanol–water partition coefficient (Wildman–Crippen LogP) is 2.96. The van der Waals surface area contributed by atoms with E-state index in [0.29, 0.717) is 12.2 Å². The highest BCUT2D eigenvalue weighted by molar-refractivity contribution is 5.83. The second-order valence-corrected chi connectivity index (χ2v) is 4.12. The Balaban J connectivity index is 2.16. The van der Waals surface area contributed by atoms with Crippen LogP contribution in [0.3, 0.4) is 0 Å². The number of halogens is 3. The van der Waals surface area contributed by atoms with Crippen molar-refractivity contribution in [3.8, 4) is 0 Å². The summed E-state index contributed by atoms with van der Waals surface area (Å²) >= 11 is 0. The topological polar surface area (TPSA) is 35.5 Å². The molecule has 106 valence electrons. The first-order valence-electron chi connectivity index (χ1n) is 5.78. The Bertz CT molecular complexity index is 594. The van der Waals surface area contributed by atoms with Gasteiger partial charge in [0.2, 0.25) is 0 Å². The Kier molecular flexibility index (Phi) is 4.12. The smallest absolute Gasteiger partial charge is 0.334 e. The Labute approximate surface area is 113 Å². The zero-order valence-corrected chi connectivity index (χ0v) is 10.5. The van der Waals surface area contributed by atoms with Gasteiger partial charge in [-0.1, -0.05) is 6.08 Å². The van der Waals surface area contributed by atoms with E-state index in [4.69, 9.17) is 9.47 Å². The number of methoxy groups -OCH3 is 1. The van der Waals surface area contributed by atoms with E-state index in [0.717, 1.165) is 12.1 Å². The van der Waals surface area contributed by atoms with Gasteiger partial charge in [-0.15, -0.1) is 0 Å². The van der Waals surface area contributed by atoms with Crippen molar-refractivity contribution in [2.75, 3.05) is 7.11 Å². The van der Waals surface area contributed by atoms with Gasteiger partial charge in [-0.3, -0.25) is 0 Å². The number of rotatable bonds is 3. The zero-order chi connectivity index (χ0) is 14.7. The molecule has 1 aliphatic rings. The standard InChI is InChI=1S/C14H11F3O3/c1-19-10-6-9(20-12(18)7-10)4-2-8-3-5-11(15)14(17)13(8)16/h2-5,7,9H,6H2,1H3. The summed E-state index contributed by atoms with van der Waals surface area (Å²) in [5.41, 5.74) is -0.131. The molecule has 0 N–H and O–H groups in total. The van der Waals surface area contributed by atoms with E-state index < -0.39 is 29.5 Å². The maximum atomic E-state index is 13.4. The quantitative estimate of drug-likeness (QED) is 0.632. The Morgan fingerprint density at radius 3 is 2.75 bits per heavy atom. The number of carbonyl (C=O) groups excluding carboxylic acids is 1. The van der Waals surface area contributed by atoms with Crippen molar-refractivity contribution in [2.45, 2.75) is 12.5 Å². The normalized spacial score (nSPS) is 18.9. The van der Waals surface area contributed by atoms with Gasteiger partial charge in [-0.25, -0.2) is 18.0 Å². The summed E-state index contributed by atoms with van der Waals surface area (Å²) in [6, 6.07) is 1.92. The molecule has 0 aliphatic carbocycles. The lowest BCUT2D eigenvalue weighted by atomic mass is 10.1. The largest absolute Gasteiger partial charge is 0.501 e. The van der Waals surface area contributed by atoms with Crippen LogP contribution in [-0.4, -0.2) is 19.2 Å². The van der Waals surface area contributed by atoms with Crippen molar-refractivity contribution in [2.24, 2.45) is 0 Å². The van der Waals surface area contributed by atoms with E-state index in [9.17, 15) is 18.0 Å². The molecule has 0 radical (unpaired) electrons. The molecule has 0 spiro atoms. The molecule has 3 nitrogen and oxygen atoms in total. The lowest BCUT2D eigenvalue weighted by Crippen LogP contribution is -2.21. The van der Waals surface area contributed by atoms with Crippen LogP contribution >= 0.6 is 0 Å². The van der Waals surface area contributed by atoms with E-state index in [1.807, 2.05) is 0 Å². The molecule has 0 aromatic heterocycles. The van der Waals surface area contributed by atoms with Crippen molar-refractivity contribution in [3.05, 3.63) is 53.1 Å². The molecule has 0 amide bonds. The molecule has 1 atom stereocenters. The number of benzene rings is 1. The summed E-state index contributed by atoms with van der Waals surface area (Å²) in [6.45, 7) is 0. The van der Waals surface area contributed by atoms with Crippen LogP contribution in [0.5, 0.6) is 0 Å². The molecule has 0 fully saturated rings. The Morgan fingerprint density at radius 2 is 2.05 bits per heavy atom. The van der Waals surface area contributed by atoms with Crippen LogP contribution in [0.15, 0.2) is 30.0 Å². The summed E-state index contributed by atoms with van der Waals surface area (Å²) in [6.07, 6.45) is 3.48. The van der Waals surface area contributed by atoms with Crippen molar-refractivity contribution < 1.29 is 27.4 Å². The van der Waals surface area contributed by atoms with Gasteiger partial charge >= 0.3 is 5.97 Å². The molecule has 0 saturated heterocycles. The van der Waals surface area contributed by atoms with Gasteiger partial charge in [0.25, 0.3) is 0 Å². The van der Waals surface area contributed by atoms with E-state index in [-0.39, 0.29) is 5.56 Å². The molecule has 20 heavy (non-hydrogen) atoms. The summed E-state index contributed by atoms with van der Waals surface area (Å²) in [7, 11) is 1.42. The molecule has 1 aromatic carbocycles. The molecule has 1 aliphatic heterocycles. The lowest BCUT2D eigenvalue weighted by molar-refractivity contribution is -0.142. The average Bonchev–Trinajstić information content (AvgIpc) is 2.43. The predicted molar refractivity (Wildman–Crippen MR) is 64.9 cm³/mol. The third kappa shape index (κ3) is 3.01. The number of esters is 1. The van der Waals surface area contributed by atoms with Crippen LogP contribution in [0, 0.1) is 17.5 Å². The summed E-state index contributed by atoms with van der Waals surface area (Å²) in [4.78, 5) is 11.2. The second-order valence-electron chi connectivity index (χ2n) is 4.12. The van der Waals surface area contributed by atoms with E-state index in [2.05, 4.69) is 0 Å². The molecule has 1 heterocycles. The maximum Gasteiger partial charge on any atom is 0.334 e. The maximum absolute atomic E-state index is 13.4. The number of carbonyl (C=O) groups is 1. The van der Waals surface area contributed by atoms with Crippen molar-refractivity contribution in [1.82, 2.24) is 0 Å². The van der Waals surface area contributed by atoms with Gasteiger partial charge in [-0.2, -0.15) is 0 Å². The molecule has 1 unspecified atom stereocenters. The minimum atomic E-state index is -1.54. The number of ether oxygens (including phenoxy) is 2. The molecular formula is C14H11F3O3. The molecule has 0 saturated carbocycles. The lowest BCUT2D eigenvalue weighted by Gasteiger charge is -2.19. The number of cyclic esters (lactones) is 1. The van der Waals surface area contributed by atoms with Crippen LogP contribution in [0.1, 0.15) is 12.0 Å². The highest BCUT2D eigenvalue weighted by Crippen LogP contribution is 2.20. The first kappa shape index (κ1) is 14.2. The highest BCUT2D eigenvalue weighted by atomic mass is 19.2. The SMILES string of the molecule is COC1=CC(=O)OC(C=Cc2ccc(F)c(F)c2F)C1. The van der Waals surface area contributed by atoms with Gasteiger partial charge < -0.3 is 9.47 Å². The third-order valence-corrected chi connectivity index (χ3v) is 2.77. The molecule has 6 heteroatoms. The third-order valence-electron chi connectivity index (χ3n) is 2.77. The van der Waals surface area contributed by atoms with Crippen LogP contribution < -0.4 is 0 Å². The van der Waals surface area contributed by atoms with Gasteiger partial charge in [0.05, 0.1) is 13.2 Å². The molecular weight excluding hydrogens is 273 g/mol. The molecule has 2 rings (SSSR count). The zero-order valence-electron chi connectivity index (χ0n) is 10.5. The fraction of sp³-hybridized carbons (Fsp3) is 0.214. The Hall–Kier alpha value is -2.24. The fourth-order valence-corrected chi connectivity index (χ4v) is 1.74. The first-order chi connectivity index (χ1) is 9.51. The van der Waals surface area contributed by atoms with E-state index in [1.54, 1.807) is 0 Å². The van der Waals surface area contributed by atoms with Crippen LogP contribution in [0.4, 0.5) is 13.2 Å². The molecule has 0 bridgehead atoms. The number of hydrogen-bond donors (Lipinski definition) is 0. The highest BCUT2D eigenvalue weighted by Gasteiger charge is 2.20. The van der Waals surface area contributed by atoms with Crippen LogP contribution in [-0.2, 0) is 14.3 Å². The van der Waals surface area contributed by atoms with Gasteiger partial charge in [0, 0.05) is 12.0 Å². The monoisotopic (exact) mass is 284 g/mol. The van der Waals surface area contributed by atoms with E-state index >= 15 is 0 Å². The van der Waals surface area contributed by atoms with Gasteiger partial charge in [0.15, 0.2) is 17.5 Å². The van der Waals surface area contributed by atoms with Crippen molar-refractivity contribution in [3.63, 3.8) is 0 Å². The van der Waals surface area contributed by atoms with Crippen molar-refractivity contribution >= 4 is 12.0 Å². The Morgan fingerprint density at radius 1 is 1.30 bits per heavy atom. The first-order valence-corrected chi connectivity index (χ1v) is 5.78. The number of hydrogen-bond acceptors (Lipinski definition) is 3. The minimum absolute atomic E-state index is 0.131. The average molecular weight is 284 g/mol. The minimum Gasteiger partial charge on any atom is -0.501 e. The fourth-order valence-electron chi connectivity index (χ4n) is 1.74. The summed E-state index contributed by atoms with van der Waals surface area (Å²) in [5.74, 6) is -4.22. The van der Waals surface area contributed by atoms with E-state index in [1.165, 1.54) is 25.3 Å². The summed E-state index contributed by atoms with van der Waals surface area (Å²) < 4.78 is 49.1. The molecule has 1 aromatic rings. The van der Waals surface area contributed by atoms with Gasteiger partial charge in [0.1, 0.15) is 11.9 Å². The van der Waals surface area contributed by atoms with Crippen molar-refractivity contribution in [1.29, 1.82) is 0 Å². The van der Waals surface area contributed by atoms with Crippen LogP contribution in [0.25, 0.3) is 6.08 Å². The van der Waals surface area contributed by atoms with Crippen LogP contribution in [0.2, 0.25) is 0 Å². The second kappa shape index (κ2) is 5.81. The summed E-state index contributed by atoms with van der Waals surface area (Å²) in [5, 5.41) is 0.